The molecule has 12 heavy (non-hydrogen) atoms. The van der Waals surface area contributed by atoms with Gasteiger partial charge in [0.15, 0.2) is 0 Å². The molecule has 3 nitrogen and oxygen atoms in total. The average Bonchev–Trinajstić information content (AvgIpc) is 2.53. The van der Waals surface area contributed by atoms with Crippen LogP contribution >= 0.6 is 0 Å². The lowest BCUT2D eigenvalue weighted by atomic mass is 9.96. The van der Waals surface area contributed by atoms with Gasteiger partial charge in [-0.3, -0.25) is 0 Å². The summed E-state index contributed by atoms with van der Waals surface area (Å²) in [7, 11) is 0. The van der Waals surface area contributed by atoms with Gasteiger partial charge in [-0.05, 0) is 12.8 Å². The molecule has 1 saturated carbocycles. The van der Waals surface area contributed by atoms with Crippen molar-refractivity contribution in [1.82, 2.24) is 5.32 Å². The second-order valence-corrected chi connectivity index (χ2v) is 3.80. The van der Waals surface area contributed by atoms with Crippen molar-refractivity contribution in [2.45, 2.75) is 31.4 Å². The van der Waals surface area contributed by atoms with E-state index in [-0.39, 0.29) is 6.10 Å². The Kier molecular flexibility index (Phi) is 2.63. The molecule has 3 atom stereocenters. The number of ether oxygens (including phenoxy) is 1. The van der Waals surface area contributed by atoms with Crippen molar-refractivity contribution in [1.29, 1.82) is 0 Å². The maximum Gasteiger partial charge on any atom is 0.0623 e. The van der Waals surface area contributed by atoms with Gasteiger partial charge in [0.2, 0.25) is 0 Å². The molecule has 1 saturated heterocycles. The predicted octanol–water partition coefficient (Wildman–Crippen LogP) is 0.136. The van der Waals surface area contributed by atoms with Crippen LogP contribution in [0.2, 0.25) is 0 Å². The summed E-state index contributed by atoms with van der Waals surface area (Å²) in [6, 6.07) is 0.399. The number of nitrogens with one attached hydrogen (secondary N) is 1. The van der Waals surface area contributed by atoms with Crippen molar-refractivity contribution in [2.75, 3.05) is 19.8 Å². The summed E-state index contributed by atoms with van der Waals surface area (Å²) in [4.78, 5) is 0. The molecular formula is C9H17NO2. The normalized spacial score (nSPS) is 43.2. The van der Waals surface area contributed by atoms with Crippen molar-refractivity contribution >= 4 is 0 Å². The predicted molar refractivity (Wildman–Crippen MR) is 46.0 cm³/mol. The Hall–Kier alpha value is -0.120. The Bertz CT molecular complexity index is 145. The van der Waals surface area contributed by atoms with E-state index in [9.17, 15) is 5.11 Å². The van der Waals surface area contributed by atoms with E-state index in [2.05, 4.69) is 5.32 Å². The minimum Gasteiger partial charge on any atom is -0.393 e. The third kappa shape index (κ3) is 1.63. The smallest absolute Gasteiger partial charge is 0.0623 e. The van der Waals surface area contributed by atoms with Crippen molar-refractivity contribution in [3.05, 3.63) is 0 Å². The Labute approximate surface area is 73.1 Å². The molecular weight excluding hydrogens is 154 g/mol. The number of hydrogen-bond donors (Lipinski definition) is 2. The molecule has 0 amide bonds. The molecule has 0 aromatic carbocycles. The average molecular weight is 171 g/mol. The number of hydrogen-bond acceptors (Lipinski definition) is 3. The molecule has 2 rings (SSSR count). The lowest BCUT2D eigenvalue weighted by Gasteiger charge is -2.30. The van der Waals surface area contributed by atoms with Gasteiger partial charge in [-0.1, -0.05) is 6.42 Å². The summed E-state index contributed by atoms with van der Waals surface area (Å²) < 4.78 is 5.37. The lowest BCUT2D eigenvalue weighted by Crippen LogP contribution is -2.48. The van der Waals surface area contributed by atoms with E-state index in [1.165, 1.54) is 6.42 Å². The minimum absolute atomic E-state index is 0.0933. The summed E-state index contributed by atoms with van der Waals surface area (Å²) in [6.07, 6.45) is 3.21. The van der Waals surface area contributed by atoms with Crippen LogP contribution in [0.25, 0.3) is 0 Å². The maximum absolute atomic E-state index is 9.65. The third-order valence-electron chi connectivity index (χ3n) is 3.00. The summed E-state index contributed by atoms with van der Waals surface area (Å²) in [5.74, 6) is 0.435. The fourth-order valence-corrected chi connectivity index (χ4v) is 2.30. The van der Waals surface area contributed by atoms with E-state index in [4.69, 9.17) is 4.74 Å². The zero-order chi connectivity index (χ0) is 8.39. The first-order chi connectivity index (χ1) is 5.88. The van der Waals surface area contributed by atoms with E-state index >= 15 is 0 Å². The highest BCUT2D eigenvalue weighted by Crippen LogP contribution is 2.28. The van der Waals surface area contributed by atoms with Gasteiger partial charge in [0.25, 0.3) is 0 Å². The van der Waals surface area contributed by atoms with Crippen LogP contribution in [0.15, 0.2) is 0 Å². The molecule has 2 fully saturated rings. The summed E-state index contributed by atoms with van der Waals surface area (Å²) in [5, 5.41) is 13.1. The molecule has 1 aliphatic heterocycles. The third-order valence-corrected chi connectivity index (χ3v) is 3.00. The van der Waals surface area contributed by atoms with E-state index in [1.807, 2.05) is 0 Å². The standard InChI is InChI=1S/C9H17NO2/c11-9-3-1-2-7(9)8-6-12-5-4-10-8/h7-11H,1-6H2/t7-,8+,9+/m0/s1. The lowest BCUT2D eigenvalue weighted by molar-refractivity contribution is 0.0254. The fraction of sp³-hybridized carbons (Fsp3) is 1.00. The molecule has 70 valence electrons. The topological polar surface area (TPSA) is 41.5 Å². The highest BCUT2D eigenvalue weighted by molar-refractivity contribution is 4.87. The molecule has 0 bridgehead atoms. The molecule has 1 heterocycles. The number of aliphatic hydroxyl groups excluding tert-OH is 1. The van der Waals surface area contributed by atoms with Crippen molar-refractivity contribution in [2.24, 2.45) is 5.92 Å². The van der Waals surface area contributed by atoms with Crippen LogP contribution in [0, 0.1) is 5.92 Å². The molecule has 0 spiro atoms. The Balaban J connectivity index is 1.89. The van der Waals surface area contributed by atoms with Gasteiger partial charge in [0.05, 0.1) is 19.3 Å². The largest absolute Gasteiger partial charge is 0.393 e. The Morgan fingerprint density at radius 2 is 2.25 bits per heavy atom. The van der Waals surface area contributed by atoms with E-state index < -0.39 is 0 Å². The summed E-state index contributed by atoms with van der Waals surface area (Å²) >= 11 is 0. The van der Waals surface area contributed by atoms with E-state index in [1.54, 1.807) is 0 Å². The highest BCUT2D eigenvalue weighted by Gasteiger charge is 2.33. The second kappa shape index (κ2) is 3.73. The second-order valence-electron chi connectivity index (χ2n) is 3.80. The molecule has 3 heteroatoms. The van der Waals surface area contributed by atoms with Crippen LogP contribution in [-0.4, -0.2) is 37.0 Å². The van der Waals surface area contributed by atoms with E-state index in [0.29, 0.717) is 12.0 Å². The van der Waals surface area contributed by atoms with Crippen LogP contribution < -0.4 is 5.32 Å². The number of aliphatic hydroxyl groups is 1. The Morgan fingerprint density at radius 1 is 1.33 bits per heavy atom. The summed E-state index contributed by atoms with van der Waals surface area (Å²) in [6.45, 7) is 2.54. The first-order valence-corrected chi connectivity index (χ1v) is 4.87. The van der Waals surface area contributed by atoms with Crippen LogP contribution in [0.5, 0.6) is 0 Å². The van der Waals surface area contributed by atoms with Crippen LogP contribution in [-0.2, 0) is 4.74 Å². The van der Waals surface area contributed by atoms with Gasteiger partial charge >= 0.3 is 0 Å². The van der Waals surface area contributed by atoms with Crippen molar-refractivity contribution in [3.63, 3.8) is 0 Å². The zero-order valence-corrected chi connectivity index (χ0v) is 7.33. The molecule has 0 aromatic heterocycles. The Morgan fingerprint density at radius 3 is 2.83 bits per heavy atom. The quantitative estimate of drug-likeness (QED) is 0.589. The number of morpholine rings is 1. The van der Waals surface area contributed by atoms with Crippen molar-refractivity contribution < 1.29 is 9.84 Å². The molecule has 1 aliphatic carbocycles. The first kappa shape index (κ1) is 8.48. The molecule has 2 N–H and O–H groups in total. The van der Waals surface area contributed by atoms with Crippen molar-refractivity contribution in [3.8, 4) is 0 Å². The van der Waals surface area contributed by atoms with Gasteiger partial charge in [-0.2, -0.15) is 0 Å². The first-order valence-electron chi connectivity index (χ1n) is 4.87. The monoisotopic (exact) mass is 171 g/mol. The molecule has 0 aromatic rings. The van der Waals surface area contributed by atoms with Gasteiger partial charge in [-0.15, -0.1) is 0 Å². The molecule has 2 aliphatic rings. The fourth-order valence-electron chi connectivity index (χ4n) is 2.30. The van der Waals surface area contributed by atoms with Crippen LogP contribution in [0.4, 0.5) is 0 Å². The van der Waals surface area contributed by atoms with Gasteiger partial charge in [0, 0.05) is 18.5 Å². The van der Waals surface area contributed by atoms with E-state index in [0.717, 1.165) is 32.6 Å². The zero-order valence-electron chi connectivity index (χ0n) is 7.33. The SMILES string of the molecule is O[C@@H]1CCC[C@H]1[C@H]1COCCN1. The van der Waals surface area contributed by atoms with Gasteiger partial charge < -0.3 is 15.2 Å². The van der Waals surface area contributed by atoms with Gasteiger partial charge in [0.1, 0.15) is 0 Å². The minimum atomic E-state index is -0.0933. The molecule has 0 radical (unpaired) electrons. The molecule has 0 unspecified atom stereocenters. The van der Waals surface area contributed by atoms with Crippen LogP contribution in [0.3, 0.4) is 0 Å². The number of rotatable bonds is 1. The van der Waals surface area contributed by atoms with Gasteiger partial charge in [-0.25, -0.2) is 0 Å². The summed E-state index contributed by atoms with van der Waals surface area (Å²) in [5.41, 5.74) is 0. The maximum atomic E-state index is 9.65. The van der Waals surface area contributed by atoms with Crippen LogP contribution in [0.1, 0.15) is 19.3 Å². The highest BCUT2D eigenvalue weighted by atomic mass is 16.5.